The smallest absolute Gasteiger partial charge is 0.158 e. The van der Waals surface area contributed by atoms with Crippen LogP contribution in [0.25, 0.3) is 0 Å². The van der Waals surface area contributed by atoms with Gasteiger partial charge in [-0.05, 0) is 46.4 Å². The van der Waals surface area contributed by atoms with Crippen molar-refractivity contribution in [1.82, 2.24) is 20.2 Å². The van der Waals surface area contributed by atoms with E-state index in [-0.39, 0.29) is 12.6 Å². The molecule has 200 valence electrons. The summed E-state index contributed by atoms with van der Waals surface area (Å²) in [7, 11) is 3.39. The predicted octanol–water partition coefficient (Wildman–Crippen LogP) is 3.43. The van der Waals surface area contributed by atoms with Crippen molar-refractivity contribution >= 4 is 14.0 Å². The van der Waals surface area contributed by atoms with Crippen LogP contribution in [0.1, 0.15) is 61.4 Å². The number of aromatic nitrogens is 4. The Bertz CT molecular complexity index is 961. The molecule has 1 aliphatic rings. The van der Waals surface area contributed by atoms with Crippen LogP contribution >= 0.6 is 0 Å². The maximum atomic E-state index is 12.2. The first kappa shape index (κ1) is 28.5. The fraction of sp³-hybridized carbons (Fsp3) is 0.704. The summed E-state index contributed by atoms with van der Waals surface area (Å²) < 4.78 is 8.60. The van der Waals surface area contributed by atoms with Crippen molar-refractivity contribution in [3.63, 3.8) is 0 Å². The van der Waals surface area contributed by atoms with E-state index in [1.54, 1.807) is 4.68 Å². The molecule has 9 heteroatoms. The van der Waals surface area contributed by atoms with Crippen molar-refractivity contribution in [3.05, 3.63) is 41.2 Å². The molecule has 0 bridgehead atoms. The lowest BCUT2D eigenvalue weighted by atomic mass is 9.82. The second-order valence-electron chi connectivity index (χ2n) is 12.3. The number of carbonyl (C=O) groups excluding carboxylic acids is 1. The molecule has 3 rings (SSSR count). The molecule has 0 radical (unpaired) electrons. The lowest BCUT2D eigenvalue weighted by molar-refractivity contribution is -0.895. The maximum Gasteiger partial charge on any atom is 0.158 e. The van der Waals surface area contributed by atoms with Gasteiger partial charge in [-0.2, -0.15) is 0 Å². The van der Waals surface area contributed by atoms with Crippen LogP contribution in [0.5, 0.6) is 0 Å². The normalized spacial score (nSPS) is 18.2. The van der Waals surface area contributed by atoms with E-state index in [9.17, 15) is 9.90 Å². The van der Waals surface area contributed by atoms with Crippen molar-refractivity contribution in [2.75, 3.05) is 33.8 Å². The van der Waals surface area contributed by atoms with Crippen molar-refractivity contribution in [2.24, 2.45) is 5.92 Å². The number of hydrogen-bond donors (Lipinski definition) is 0. The summed E-state index contributed by atoms with van der Waals surface area (Å²) in [5.74, 6) is -0.945. The van der Waals surface area contributed by atoms with Crippen LogP contribution in [0.15, 0.2) is 24.3 Å². The van der Waals surface area contributed by atoms with E-state index in [0.29, 0.717) is 31.2 Å². The van der Waals surface area contributed by atoms with Crippen LogP contribution in [-0.4, -0.2) is 72.5 Å². The van der Waals surface area contributed by atoms with Gasteiger partial charge in [0.25, 0.3) is 0 Å². The summed E-state index contributed by atoms with van der Waals surface area (Å²) in [5, 5.41) is 24.5. The molecule has 2 heterocycles. The topological polar surface area (TPSA) is 93.0 Å². The number of likely N-dealkylation sites (tertiary alicyclic amines) is 1. The molecule has 0 spiro atoms. The summed E-state index contributed by atoms with van der Waals surface area (Å²) in [6, 6.07) is 9.79. The zero-order chi connectivity index (χ0) is 26.3. The molecule has 0 N–H and O–H groups in total. The highest BCUT2D eigenvalue weighted by molar-refractivity contribution is 6.76. The molecule has 0 saturated carbocycles. The van der Waals surface area contributed by atoms with Crippen LogP contribution in [0.2, 0.25) is 25.7 Å². The molecular formula is C27H45N5O3Si. The first-order valence-electron chi connectivity index (χ1n) is 13.4. The molecule has 2 aromatic rings. The van der Waals surface area contributed by atoms with Gasteiger partial charge >= 0.3 is 0 Å². The van der Waals surface area contributed by atoms with Gasteiger partial charge in [-0.15, -0.1) is 5.10 Å². The van der Waals surface area contributed by atoms with Crippen molar-refractivity contribution in [3.8, 4) is 0 Å². The zero-order valence-electron chi connectivity index (χ0n) is 23.1. The highest BCUT2D eigenvalue weighted by Gasteiger charge is 2.30. The van der Waals surface area contributed by atoms with E-state index in [4.69, 9.17) is 4.74 Å². The number of rotatable bonds is 13. The summed E-state index contributed by atoms with van der Waals surface area (Å²) in [5.41, 5.74) is 2.47. The minimum atomic E-state index is -1.21. The summed E-state index contributed by atoms with van der Waals surface area (Å²) >= 11 is 0. The Morgan fingerprint density at radius 1 is 1.19 bits per heavy atom. The monoisotopic (exact) mass is 515 g/mol. The summed E-state index contributed by atoms with van der Waals surface area (Å²) in [4.78, 5) is 12.2. The highest BCUT2D eigenvalue weighted by Crippen LogP contribution is 2.33. The van der Waals surface area contributed by atoms with Gasteiger partial charge in [0.05, 0.1) is 27.2 Å². The fourth-order valence-corrected chi connectivity index (χ4v) is 5.84. The number of benzene rings is 1. The third kappa shape index (κ3) is 8.21. The van der Waals surface area contributed by atoms with E-state index in [0.717, 1.165) is 22.5 Å². The Kier molecular flexibility index (Phi) is 9.83. The second kappa shape index (κ2) is 12.4. The number of piperidine rings is 1. The standard InChI is InChI=1S/C27H45N5O3Si/c1-7-8-24(27(33)34)25(26-28-29-30-31(26)20-35-17-18-36(4,5)6)19-21-9-11-22(12-10-21)23-13-15-32(2,3)16-14-23/h9-12,23-25H,7-8,13-20H2,1-6H3/t24-,25-/m0/s1. The molecule has 0 amide bonds. The Morgan fingerprint density at radius 3 is 2.44 bits per heavy atom. The van der Waals surface area contributed by atoms with Crippen LogP contribution in [-0.2, 0) is 22.7 Å². The van der Waals surface area contributed by atoms with E-state index >= 15 is 0 Å². The van der Waals surface area contributed by atoms with Crippen molar-refractivity contribution in [2.45, 2.75) is 83.3 Å². The first-order valence-corrected chi connectivity index (χ1v) is 17.2. The Balaban J connectivity index is 1.76. The number of ether oxygens (including phenoxy) is 1. The van der Waals surface area contributed by atoms with Gasteiger partial charge in [-0.25, -0.2) is 4.68 Å². The molecule has 36 heavy (non-hydrogen) atoms. The van der Waals surface area contributed by atoms with Gasteiger partial charge in [0.1, 0.15) is 6.73 Å². The third-order valence-electron chi connectivity index (χ3n) is 7.56. The van der Waals surface area contributed by atoms with Gasteiger partial charge in [0.15, 0.2) is 5.82 Å². The quantitative estimate of drug-likeness (QED) is 0.231. The molecular weight excluding hydrogens is 470 g/mol. The Hall–Kier alpha value is -2.10. The van der Waals surface area contributed by atoms with Gasteiger partial charge in [0.2, 0.25) is 0 Å². The second-order valence-corrected chi connectivity index (χ2v) is 17.9. The number of carboxylic acids is 1. The minimum absolute atomic E-state index is 0.227. The largest absolute Gasteiger partial charge is 0.550 e. The molecule has 2 atom stereocenters. The van der Waals surface area contributed by atoms with Crippen LogP contribution in [0.4, 0.5) is 0 Å². The number of hydrogen-bond acceptors (Lipinski definition) is 6. The molecule has 1 aliphatic heterocycles. The van der Waals surface area contributed by atoms with E-state index in [2.05, 4.69) is 73.5 Å². The molecule has 1 aromatic heterocycles. The minimum Gasteiger partial charge on any atom is -0.550 e. The SMILES string of the molecule is CCC[C@H](C(=O)[O-])[C@H](Cc1ccc(C2CC[N+](C)(C)CC2)cc1)c1nnnn1COCC[Si](C)(C)C. The van der Waals surface area contributed by atoms with E-state index in [1.807, 2.05) is 6.92 Å². The lowest BCUT2D eigenvalue weighted by Gasteiger charge is -2.37. The molecule has 1 fully saturated rings. The van der Waals surface area contributed by atoms with Crippen molar-refractivity contribution < 1.29 is 19.1 Å². The predicted molar refractivity (Wildman–Crippen MR) is 142 cm³/mol. The average Bonchev–Trinajstić information content (AvgIpc) is 3.27. The number of carboxylic acid groups (broad SMARTS) is 1. The number of aliphatic carboxylic acids is 1. The number of quaternary nitrogens is 1. The van der Waals surface area contributed by atoms with Crippen LogP contribution in [0.3, 0.4) is 0 Å². The zero-order valence-corrected chi connectivity index (χ0v) is 24.1. The lowest BCUT2D eigenvalue weighted by Crippen LogP contribution is -2.45. The van der Waals surface area contributed by atoms with E-state index in [1.165, 1.54) is 31.5 Å². The van der Waals surface area contributed by atoms with Gasteiger partial charge in [-0.1, -0.05) is 57.3 Å². The Labute approximate surface area is 217 Å². The van der Waals surface area contributed by atoms with Crippen LogP contribution in [0, 0.1) is 5.92 Å². The first-order chi connectivity index (χ1) is 17.0. The van der Waals surface area contributed by atoms with Crippen molar-refractivity contribution in [1.29, 1.82) is 0 Å². The molecule has 0 aliphatic carbocycles. The molecule has 0 unspecified atom stereocenters. The van der Waals surface area contributed by atoms with Gasteiger partial charge in [-0.3, -0.25) is 0 Å². The average molecular weight is 516 g/mol. The maximum absolute atomic E-state index is 12.2. The number of carbonyl (C=O) groups is 1. The summed E-state index contributed by atoms with van der Waals surface area (Å²) in [6.45, 7) is 12.2. The van der Waals surface area contributed by atoms with Gasteiger partial charge in [0, 0.05) is 45.3 Å². The van der Waals surface area contributed by atoms with E-state index < -0.39 is 20.0 Å². The van der Waals surface area contributed by atoms with Gasteiger partial charge < -0.3 is 19.1 Å². The molecule has 8 nitrogen and oxygen atoms in total. The fourth-order valence-electron chi connectivity index (χ4n) is 5.09. The van der Waals surface area contributed by atoms with Crippen LogP contribution < -0.4 is 5.11 Å². The highest BCUT2D eigenvalue weighted by atomic mass is 28.3. The molecule has 1 aromatic carbocycles. The molecule has 1 saturated heterocycles. The number of tetrazole rings is 1. The number of nitrogens with zero attached hydrogens (tertiary/aromatic N) is 5. The third-order valence-corrected chi connectivity index (χ3v) is 9.27. The summed E-state index contributed by atoms with van der Waals surface area (Å²) in [6.07, 6.45) is 4.21. The Morgan fingerprint density at radius 2 is 1.86 bits per heavy atom.